The summed E-state index contributed by atoms with van der Waals surface area (Å²) in [4.78, 5) is 25.8. The van der Waals surface area contributed by atoms with Gasteiger partial charge in [0.1, 0.15) is 0 Å². The number of carbonyl (C=O) groups excluding carboxylic acids is 1. The van der Waals surface area contributed by atoms with Gasteiger partial charge in [-0.05, 0) is 56.3 Å². The van der Waals surface area contributed by atoms with Crippen molar-refractivity contribution in [2.75, 3.05) is 41.7 Å². The molecule has 2 aromatic heterocycles. The summed E-state index contributed by atoms with van der Waals surface area (Å²) in [6.07, 6.45) is -2.81. The Morgan fingerprint density at radius 2 is 1.78 bits per heavy atom. The monoisotopic (exact) mass is 562 g/mol. The molecule has 212 valence electrons. The second-order valence-corrected chi connectivity index (χ2v) is 10.4. The van der Waals surface area contributed by atoms with E-state index in [1.165, 1.54) is 18.2 Å². The van der Waals surface area contributed by atoms with Gasteiger partial charge in [0, 0.05) is 43.3 Å². The highest BCUT2D eigenvalue weighted by atomic mass is 19.4. The lowest BCUT2D eigenvalue weighted by atomic mass is 10.1. The van der Waals surface area contributed by atoms with Crippen molar-refractivity contribution in [2.45, 2.75) is 26.1 Å². The SMILES string of the molecule is CC(C)N1CCN(c2cc3nc(Nc4ccccc4C(F)(F)F)[nH]c3cc2C(=O)Nc2ccc3cn[nH]c3c2)CC1. The van der Waals surface area contributed by atoms with Gasteiger partial charge in [0.05, 0.1) is 45.2 Å². The number of hydrogen-bond donors (Lipinski definition) is 4. The van der Waals surface area contributed by atoms with E-state index < -0.39 is 11.7 Å². The molecule has 3 heterocycles. The third-order valence-electron chi connectivity index (χ3n) is 7.41. The van der Waals surface area contributed by atoms with E-state index in [1.54, 1.807) is 12.3 Å². The molecule has 41 heavy (non-hydrogen) atoms. The standard InChI is InChI=1S/C29H29F3N8O/c1-17(2)39-9-11-40(12-10-39)26-15-25-24(36-28(37-25)35-22-6-4-3-5-21(22)29(30,31)32)14-20(26)27(41)34-19-8-7-18-16-33-38-23(18)13-19/h3-8,13-17H,9-12H2,1-2H3,(H,33,38)(H,34,41)(H2,35,36,37). The van der Waals surface area contributed by atoms with Crippen LogP contribution in [0.3, 0.4) is 0 Å². The lowest BCUT2D eigenvalue weighted by molar-refractivity contribution is -0.136. The van der Waals surface area contributed by atoms with Crippen LogP contribution in [0.4, 0.5) is 36.2 Å². The zero-order valence-electron chi connectivity index (χ0n) is 22.5. The predicted octanol–water partition coefficient (Wildman–Crippen LogP) is 5.98. The van der Waals surface area contributed by atoms with Gasteiger partial charge in [0.15, 0.2) is 0 Å². The second-order valence-electron chi connectivity index (χ2n) is 10.4. The number of alkyl halides is 3. The first-order valence-corrected chi connectivity index (χ1v) is 13.4. The minimum absolute atomic E-state index is 0.115. The van der Waals surface area contributed by atoms with Crippen LogP contribution in [0.25, 0.3) is 21.9 Å². The third-order valence-corrected chi connectivity index (χ3v) is 7.41. The molecule has 0 saturated carbocycles. The van der Waals surface area contributed by atoms with E-state index in [0.717, 1.165) is 48.8 Å². The highest BCUT2D eigenvalue weighted by molar-refractivity contribution is 6.11. The van der Waals surface area contributed by atoms with Crippen LogP contribution in [0, 0.1) is 0 Å². The number of carbonyl (C=O) groups is 1. The van der Waals surface area contributed by atoms with E-state index >= 15 is 0 Å². The smallest absolute Gasteiger partial charge is 0.368 e. The molecule has 0 atom stereocenters. The fraction of sp³-hybridized carbons (Fsp3) is 0.276. The first kappa shape index (κ1) is 26.6. The number of aromatic amines is 2. The summed E-state index contributed by atoms with van der Waals surface area (Å²) in [6, 6.07) is 14.7. The van der Waals surface area contributed by atoms with Crippen molar-refractivity contribution in [1.82, 2.24) is 25.1 Å². The number of nitrogens with one attached hydrogen (secondary N) is 4. The van der Waals surface area contributed by atoms with Gasteiger partial charge in [-0.3, -0.25) is 14.8 Å². The Labute approximate surface area is 233 Å². The van der Waals surface area contributed by atoms with Gasteiger partial charge in [-0.1, -0.05) is 12.1 Å². The highest BCUT2D eigenvalue weighted by Gasteiger charge is 2.33. The summed E-state index contributed by atoms with van der Waals surface area (Å²) < 4.78 is 40.7. The van der Waals surface area contributed by atoms with Crippen molar-refractivity contribution in [3.8, 4) is 0 Å². The van der Waals surface area contributed by atoms with E-state index in [0.29, 0.717) is 28.3 Å². The van der Waals surface area contributed by atoms with Crippen LogP contribution in [0.1, 0.15) is 29.8 Å². The van der Waals surface area contributed by atoms with Crippen LogP contribution in [-0.2, 0) is 6.18 Å². The van der Waals surface area contributed by atoms with E-state index in [4.69, 9.17) is 0 Å². The molecular weight excluding hydrogens is 533 g/mol. The molecule has 3 aromatic carbocycles. The minimum atomic E-state index is -4.52. The van der Waals surface area contributed by atoms with Gasteiger partial charge in [-0.15, -0.1) is 0 Å². The summed E-state index contributed by atoms with van der Waals surface area (Å²) in [5, 5.41) is 13.6. The second kappa shape index (κ2) is 10.4. The lowest BCUT2D eigenvalue weighted by Gasteiger charge is -2.38. The van der Waals surface area contributed by atoms with Crippen LogP contribution in [0.5, 0.6) is 0 Å². The predicted molar refractivity (Wildman–Crippen MR) is 154 cm³/mol. The molecule has 0 spiro atoms. The molecule has 1 aliphatic rings. The van der Waals surface area contributed by atoms with Crippen molar-refractivity contribution in [3.05, 3.63) is 71.9 Å². The number of piperazine rings is 1. The number of H-pyrrole nitrogens is 2. The molecule has 0 aliphatic carbocycles. The van der Waals surface area contributed by atoms with Crippen LogP contribution < -0.4 is 15.5 Å². The number of halogens is 3. The normalized spacial score (nSPS) is 14.7. The van der Waals surface area contributed by atoms with Crippen molar-refractivity contribution >= 4 is 50.9 Å². The molecule has 0 radical (unpaired) electrons. The van der Waals surface area contributed by atoms with E-state index in [2.05, 4.69) is 54.4 Å². The van der Waals surface area contributed by atoms with Gasteiger partial charge in [0.2, 0.25) is 5.95 Å². The summed E-state index contributed by atoms with van der Waals surface area (Å²) in [5.74, 6) is -0.159. The number of amides is 1. The molecular formula is C29H29F3N8O. The number of anilines is 4. The first-order valence-electron chi connectivity index (χ1n) is 13.4. The van der Waals surface area contributed by atoms with Gasteiger partial charge >= 0.3 is 6.18 Å². The third kappa shape index (κ3) is 5.42. The van der Waals surface area contributed by atoms with Crippen molar-refractivity contribution in [3.63, 3.8) is 0 Å². The van der Waals surface area contributed by atoms with Crippen molar-refractivity contribution in [1.29, 1.82) is 0 Å². The topological polar surface area (TPSA) is 105 Å². The molecule has 9 nitrogen and oxygen atoms in total. The number of hydrogen-bond acceptors (Lipinski definition) is 6. The van der Waals surface area contributed by atoms with Gasteiger partial charge in [0.25, 0.3) is 5.91 Å². The number of imidazole rings is 1. The van der Waals surface area contributed by atoms with E-state index in [1.807, 2.05) is 24.3 Å². The largest absolute Gasteiger partial charge is 0.418 e. The molecule has 1 fully saturated rings. The Morgan fingerprint density at radius 1 is 1.00 bits per heavy atom. The highest BCUT2D eigenvalue weighted by Crippen LogP contribution is 2.36. The molecule has 6 rings (SSSR count). The van der Waals surface area contributed by atoms with Crippen LogP contribution in [-0.4, -0.2) is 63.2 Å². The lowest BCUT2D eigenvalue weighted by Crippen LogP contribution is -2.49. The minimum Gasteiger partial charge on any atom is -0.368 e. The first-order chi connectivity index (χ1) is 19.7. The molecule has 1 saturated heterocycles. The maximum atomic E-state index is 13.7. The number of rotatable bonds is 6. The average Bonchev–Trinajstić information content (AvgIpc) is 3.57. The zero-order valence-corrected chi connectivity index (χ0v) is 22.5. The van der Waals surface area contributed by atoms with Crippen molar-refractivity contribution < 1.29 is 18.0 Å². The summed E-state index contributed by atoms with van der Waals surface area (Å²) in [5.41, 5.74) is 2.71. The number of fused-ring (bicyclic) bond motifs is 2. The van der Waals surface area contributed by atoms with Crippen molar-refractivity contribution in [2.24, 2.45) is 0 Å². The fourth-order valence-corrected chi connectivity index (χ4v) is 5.21. The molecule has 4 N–H and O–H groups in total. The Bertz CT molecular complexity index is 1720. The van der Waals surface area contributed by atoms with E-state index in [-0.39, 0.29) is 17.5 Å². The fourth-order valence-electron chi connectivity index (χ4n) is 5.21. The summed E-state index contributed by atoms with van der Waals surface area (Å²) >= 11 is 0. The number of nitrogens with zero attached hydrogens (tertiary/aromatic N) is 4. The molecule has 5 aromatic rings. The van der Waals surface area contributed by atoms with Gasteiger partial charge < -0.3 is 20.5 Å². The van der Waals surface area contributed by atoms with Crippen LogP contribution in [0.15, 0.2) is 60.8 Å². The average molecular weight is 563 g/mol. The van der Waals surface area contributed by atoms with Gasteiger partial charge in [-0.2, -0.15) is 18.3 Å². The maximum Gasteiger partial charge on any atom is 0.418 e. The Morgan fingerprint density at radius 3 is 2.54 bits per heavy atom. The number of benzene rings is 3. The van der Waals surface area contributed by atoms with Crippen LogP contribution >= 0.6 is 0 Å². The molecule has 1 aliphatic heterocycles. The summed E-state index contributed by atoms with van der Waals surface area (Å²) in [7, 11) is 0. The van der Waals surface area contributed by atoms with Crippen LogP contribution in [0.2, 0.25) is 0 Å². The zero-order chi connectivity index (χ0) is 28.7. The Kier molecular flexibility index (Phi) is 6.78. The number of aromatic nitrogens is 4. The molecule has 12 heteroatoms. The number of para-hydroxylation sites is 1. The summed E-state index contributed by atoms with van der Waals surface area (Å²) in [6.45, 7) is 7.44. The quantitative estimate of drug-likeness (QED) is 0.203. The van der Waals surface area contributed by atoms with Gasteiger partial charge in [-0.25, -0.2) is 4.98 Å². The Balaban J connectivity index is 1.35. The molecule has 1 amide bonds. The van der Waals surface area contributed by atoms with E-state index in [9.17, 15) is 18.0 Å². The maximum absolute atomic E-state index is 13.7. The molecule has 0 bridgehead atoms. The Hall–Kier alpha value is -4.58. The molecule has 0 unspecified atom stereocenters.